The Labute approximate surface area is 189 Å². The Kier molecular flexibility index (Phi) is 6.86. The third kappa shape index (κ3) is 5.34. The molecule has 9 heteroatoms. The number of hydrogen-bond donors (Lipinski definition) is 1. The molecule has 0 radical (unpaired) electrons. The van der Waals surface area contributed by atoms with E-state index in [1.54, 1.807) is 25.1 Å². The third-order valence-electron chi connectivity index (χ3n) is 5.75. The van der Waals surface area contributed by atoms with Gasteiger partial charge in [0.15, 0.2) is 11.5 Å². The number of fused-ring (bicyclic) bond motifs is 1. The molecule has 1 saturated heterocycles. The number of sulfonamides is 1. The maximum Gasteiger partial charge on any atom is 0.241 e. The minimum atomic E-state index is -3.65. The number of nitrogens with zero attached hydrogens (tertiary/aromatic N) is 2. The zero-order chi connectivity index (χ0) is 22.6. The normalized spacial score (nSPS) is 15.7. The van der Waals surface area contributed by atoms with Crippen molar-refractivity contribution in [1.82, 2.24) is 10.2 Å². The van der Waals surface area contributed by atoms with E-state index in [4.69, 9.17) is 9.47 Å². The van der Waals surface area contributed by atoms with E-state index in [-0.39, 0.29) is 25.0 Å². The SMILES string of the molecule is CCS(=O)(=O)N(CC(=O)NCc1ccc(CN2CCCC2)cc1)c1ccc2c(c1)OCO2. The zero-order valence-electron chi connectivity index (χ0n) is 18.2. The first-order chi connectivity index (χ1) is 15.4. The van der Waals surface area contributed by atoms with Gasteiger partial charge in [0.25, 0.3) is 0 Å². The molecule has 8 nitrogen and oxygen atoms in total. The summed E-state index contributed by atoms with van der Waals surface area (Å²) in [6, 6.07) is 13.0. The summed E-state index contributed by atoms with van der Waals surface area (Å²) in [5.74, 6) is 0.530. The predicted octanol–water partition coefficient (Wildman–Crippen LogP) is 2.48. The maximum absolute atomic E-state index is 12.7. The van der Waals surface area contributed by atoms with E-state index in [9.17, 15) is 13.2 Å². The van der Waals surface area contributed by atoms with Gasteiger partial charge in [-0.2, -0.15) is 0 Å². The van der Waals surface area contributed by atoms with Crippen LogP contribution in [-0.4, -0.2) is 51.4 Å². The largest absolute Gasteiger partial charge is 0.454 e. The molecule has 0 bridgehead atoms. The highest BCUT2D eigenvalue weighted by Crippen LogP contribution is 2.36. The van der Waals surface area contributed by atoms with Gasteiger partial charge in [0.2, 0.25) is 22.7 Å². The number of hydrogen-bond acceptors (Lipinski definition) is 6. The molecule has 0 atom stereocenters. The van der Waals surface area contributed by atoms with Gasteiger partial charge >= 0.3 is 0 Å². The maximum atomic E-state index is 12.7. The van der Waals surface area contributed by atoms with Gasteiger partial charge < -0.3 is 14.8 Å². The molecule has 0 saturated carbocycles. The van der Waals surface area contributed by atoms with Crippen LogP contribution in [0.15, 0.2) is 42.5 Å². The van der Waals surface area contributed by atoms with Crippen LogP contribution < -0.4 is 19.1 Å². The number of carbonyl (C=O) groups is 1. The Morgan fingerprint density at radius 2 is 1.72 bits per heavy atom. The van der Waals surface area contributed by atoms with Gasteiger partial charge in [0.1, 0.15) is 6.54 Å². The summed E-state index contributed by atoms with van der Waals surface area (Å²) in [7, 11) is -3.65. The molecule has 2 heterocycles. The lowest BCUT2D eigenvalue weighted by molar-refractivity contribution is -0.119. The molecule has 32 heavy (non-hydrogen) atoms. The second kappa shape index (κ2) is 9.79. The number of carbonyl (C=O) groups excluding carboxylic acids is 1. The summed E-state index contributed by atoms with van der Waals surface area (Å²) >= 11 is 0. The fourth-order valence-corrected chi connectivity index (χ4v) is 4.96. The molecule has 2 aromatic rings. The lowest BCUT2D eigenvalue weighted by atomic mass is 10.1. The summed E-state index contributed by atoms with van der Waals surface area (Å²) < 4.78 is 37.1. The first kappa shape index (κ1) is 22.4. The molecule has 2 aromatic carbocycles. The van der Waals surface area contributed by atoms with Crippen molar-refractivity contribution in [3.05, 3.63) is 53.6 Å². The first-order valence-electron chi connectivity index (χ1n) is 10.9. The van der Waals surface area contributed by atoms with Crippen molar-refractivity contribution in [3.8, 4) is 11.5 Å². The number of likely N-dealkylation sites (tertiary alicyclic amines) is 1. The third-order valence-corrected chi connectivity index (χ3v) is 7.49. The van der Waals surface area contributed by atoms with Gasteiger partial charge in [-0.25, -0.2) is 8.42 Å². The summed E-state index contributed by atoms with van der Waals surface area (Å²) in [4.78, 5) is 15.1. The van der Waals surface area contributed by atoms with Gasteiger partial charge in [-0.3, -0.25) is 14.0 Å². The van der Waals surface area contributed by atoms with Crippen molar-refractivity contribution >= 4 is 21.6 Å². The summed E-state index contributed by atoms with van der Waals surface area (Å²) in [5, 5.41) is 2.83. The lowest BCUT2D eigenvalue weighted by Crippen LogP contribution is -2.41. The Balaban J connectivity index is 1.37. The summed E-state index contributed by atoms with van der Waals surface area (Å²) in [6.45, 7) is 4.93. The molecule has 0 unspecified atom stereocenters. The predicted molar refractivity (Wildman–Crippen MR) is 122 cm³/mol. The molecule has 1 fully saturated rings. The van der Waals surface area contributed by atoms with Gasteiger partial charge in [-0.05, 0) is 56.1 Å². The van der Waals surface area contributed by atoms with Gasteiger partial charge in [0, 0.05) is 19.2 Å². The second-order valence-corrected chi connectivity index (χ2v) is 10.2. The van der Waals surface area contributed by atoms with Crippen molar-refractivity contribution in [2.24, 2.45) is 0 Å². The van der Waals surface area contributed by atoms with E-state index in [0.29, 0.717) is 23.7 Å². The Hall–Kier alpha value is -2.78. The molecule has 0 aliphatic carbocycles. The molecule has 2 aliphatic rings. The minimum Gasteiger partial charge on any atom is -0.454 e. The molecule has 2 aliphatic heterocycles. The number of rotatable bonds is 9. The Morgan fingerprint density at radius 3 is 2.44 bits per heavy atom. The van der Waals surface area contributed by atoms with Crippen LogP contribution in [0, 0.1) is 0 Å². The van der Waals surface area contributed by atoms with E-state index in [1.165, 1.54) is 18.4 Å². The fourth-order valence-electron chi connectivity index (χ4n) is 3.89. The standard InChI is InChI=1S/C23H29N3O5S/c1-2-32(28,29)26(20-9-10-21-22(13-20)31-17-30-21)16-23(27)24-14-18-5-7-19(8-6-18)15-25-11-3-4-12-25/h5-10,13H,2-4,11-12,14-17H2,1H3,(H,24,27). The summed E-state index contributed by atoms with van der Waals surface area (Å²) in [6.07, 6.45) is 2.53. The van der Waals surface area contributed by atoms with Crippen LogP contribution in [0.2, 0.25) is 0 Å². The van der Waals surface area contributed by atoms with E-state index >= 15 is 0 Å². The van der Waals surface area contributed by atoms with Crippen LogP contribution in [0.25, 0.3) is 0 Å². The van der Waals surface area contributed by atoms with Crippen molar-refractivity contribution in [3.63, 3.8) is 0 Å². The topological polar surface area (TPSA) is 88.2 Å². The average Bonchev–Trinajstić information content (AvgIpc) is 3.48. The van der Waals surface area contributed by atoms with E-state index in [1.807, 2.05) is 12.1 Å². The highest BCUT2D eigenvalue weighted by molar-refractivity contribution is 7.92. The molecular formula is C23H29N3O5S. The van der Waals surface area contributed by atoms with E-state index < -0.39 is 10.0 Å². The number of ether oxygens (including phenoxy) is 2. The van der Waals surface area contributed by atoms with Crippen molar-refractivity contribution in [2.75, 3.05) is 36.5 Å². The minimum absolute atomic E-state index is 0.0939. The Bertz CT molecular complexity index is 1050. The molecule has 0 spiro atoms. The molecule has 1 N–H and O–H groups in total. The van der Waals surface area contributed by atoms with E-state index in [2.05, 4.69) is 22.3 Å². The average molecular weight is 460 g/mol. The van der Waals surface area contributed by atoms with Crippen LogP contribution in [0.5, 0.6) is 11.5 Å². The van der Waals surface area contributed by atoms with E-state index in [0.717, 1.165) is 29.5 Å². The van der Waals surface area contributed by atoms with Crippen LogP contribution in [0.1, 0.15) is 30.9 Å². The van der Waals surface area contributed by atoms with Gasteiger partial charge in [-0.15, -0.1) is 0 Å². The van der Waals surface area contributed by atoms with Crippen molar-refractivity contribution in [1.29, 1.82) is 0 Å². The summed E-state index contributed by atoms with van der Waals surface area (Å²) in [5.41, 5.74) is 2.60. The van der Waals surface area contributed by atoms with Crippen molar-refractivity contribution < 1.29 is 22.7 Å². The van der Waals surface area contributed by atoms with Gasteiger partial charge in [-0.1, -0.05) is 24.3 Å². The Morgan fingerprint density at radius 1 is 1.03 bits per heavy atom. The van der Waals surface area contributed by atoms with Crippen LogP contribution >= 0.6 is 0 Å². The van der Waals surface area contributed by atoms with Crippen molar-refractivity contribution in [2.45, 2.75) is 32.9 Å². The molecule has 1 amide bonds. The monoisotopic (exact) mass is 459 g/mol. The smallest absolute Gasteiger partial charge is 0.241 e. The van der Waals surface area contributed by atoms with Gasteiger partial charge in [0.05, 0.1) is 11.4 Å². The number of benzene rings is 2. The number of amides is 1. The molecular weight excluding hydrogens is 430 g/mol. The fraction of sp³-hybridized carbons (Fsp3) is 0.435. The zero-order valence-corrected chi connectivity index (χ0v) is 19.1. The quantitative estimate of drug-likeness (QED) is 0.620. The highest BCUT2D eigenvalue weighted by atomic mass is 32.2. The lowest BCUT2D eigenvalue weighted by Gasteiger charge is -2.23. The second-order valence-electron chi connectivity index (χ2n) is 8.02. The van der Waals surface area contributed by atoms with Crippen LogP contribution in [0.3, 0.4) is 0 Å². The highest BCUT2D eigenvalue weighted by Gasteiger charge is 2.25. The van der Waals surface area contributed by atoms with Crippen LogP contribution in [0.4, 0.5) is 5.69 Å². The molecule has 0 aromatic heterocycles. The first-order valence-corrected chi connectivity index (χ1v) is 12.5. The molecule has 172 valence electrons. The van der Waals surface area contributed by atoms with Crippen LogP contribution in [-0.2, 0) is 27.9 Å². The number of nitrogens with one attached hydrogen (secondary N) is 1. The molecule has 4 rings (SSSR count). The number of anilines is 1.